The lowest BCUT2D eigenvalue weighted by Gasteiger charge is -1.99. The van der Waals surface area contributed by atoms with E-state index in [2.05, 4.69) is 9.97 Å². The largest absolute Gasteiger partial charge is 0.297 e. The normalized spacial score (nSPS) is 11.5. The zero-order valence-corrected chi connectivity index (χ0v) is 8.71. The first-order valence-corrected chi connectivity index (χ1v) is 4.87. The van der Waals surface area contributed by atoms with Crippen molar-refractivity contribution in [1.82, 2.24) is 14.4 Å². The van der Waals surface area contributed by atoms with E-state index in [-0.39, 0.29) is 11.0 Å². The van der Waals surface area contributed by atoms with Crippen molar-refractivity contribution in [3.05, 3.63) is 41.6 Å². The van der Waals surface area contributed by atoms with E-state index in [0.29, 0.717) is 5.65 Å². The Morgan fingerprint density at radius 2 is 1.88 bits per heavy atom. The smallest absolute Gasteiger partial charge is 0.253 e. The summed E-state index contributed by atoms with van der Waals surface area (Å²) < 4.78 is 41.4. The minimum absolute atomic E-state index is 0.228. The summed E-state index contributed by atoms with van der Waals surface area (Å²) in [4.78, 5) is 6.78. The molecule has 0 aliphatic rings. The predicted octanol–water partition coefficient (Wildman–Crippen LogP) is 2.61. The van der Waals surface area contributed by atoms with Gasteiger partial charge in [0.1, 0.15) is 16.7 Å². The molecule has 0 radical (unpaired) electrons. The molecule has 3 aromatic rings. The van der Waals surface area contributed by atoms with Gasteiger partial charge in [-0.15, -0.1) is 0 Å². The van der Waals surface area contributed by atoms with Crippen LogP contribution >= 0.6 is 0 Å². The lowest BCUT2D eigenvalue weighted by atomic mass is 10.3. The zero-order chi connectivity index (χ0) is 12.2. The molecular weight excluding hydrogens is 231 g/mol. The maximum atomic E-state index is 13.6. The number of aryl methyl sites for hydroxylation is 1. The predicted molar refractivity (Wildman–Crippen MR) is 55.1 cm³/mol. The highest BCUT2D eigenvalue weighted by molar-refractivity contribution is 5.81. The van der Waals surface area contributed by atoms with Gasteiger partial charge in [-0.2, -0.15) is 18.2 Å². The van der Waals surface area contributed by atoms with Crippen LogP contribution in [0.1, 0.15) is 5.56 Å². The Morgan fingerprint density at radius 1 is 1.12 bits per heavy atom. The van der Waals surface area contributed by atoms with Crippen LogP contribution in [0, 0.1) is 24.6 Å². The Morgan fingerprint density at radius 3 is 2.65 bits per heavy atom. The first kappa shape index (κ1) is 10.1. The van der Waals surface area contributed by atoms with Crippen LogP contribution in [-0.2, 0) is 0 Å². The summed E-state index contributed by atoms with van der Waals surface area (Å²) >= 11 is 0. The number of halogens is 3. The Bertz CT molecular complexity index is 749. The lowest BCUT2D eigenvalue weighted by molar-refractivity contribution is 0.457. The molecular formula is C11H6F3N3. The van der Waals surface area contributed by atoms with Gasteiger partial charge in [-0.1, -0.05) is 6.07 Å². The van der Waals surface area contributed by atoms with Crippen LogP contribution in [0.4, 0.5) is 13.2 Å². The summed E-state index contributed by atoms with van der Waals surface area (Å²) in [6.45, 7) is 1.75. The SMILES string of the molecule is Cc1cccn2c1nc1c(F)nc(F)c(F)c12. The summed E-state index contributed by atoms with van der Waals surface area (Å²) in [6.07, 6.45) is 1.50. The van der Waals surface area contributed by atoms with Gasteiger partial charge in [-0.3, -0.25) is 4.40 Å². The summed E-state index contributed by atoms with van der Waals surface area (Å²) in [6, 6.07) is 3.40. The quantitative estimate of drug-likeness (QED) is 0.562. The van der Waals surface area contributed by atoms with Gasteiger partial charge in [-0.05, 0) is 18.6 Å². The van der Waals surface area contributed by atoms with E-state index in [1.807, 2.05) is 0 Å². The molecule has 86 valence electrons. The number of imidazole rings is 1. The minimum Gasteiger partial charge on any atom is -0.297 e. The van der Waals surface area contributed by atoms with Gasteiger partial charge < -0.3 is 0 Å². The van der Waals surface area contributed by atoms with Crippen molar-refractivity contribution in [2.45, 2.75) is 6.92 Å². The molecule has 0 aromatic carbocycles. The van der Waals surface area contributed by atoms with E-state index in [4.69, 9.17) is 0 Å². The first-order valence-electron chi connectivity index (χ1n) is 4.87. The first-order chi connectivity index (χ1) is 8.09. The molecule has 3 aromatic heterocycles. The van der Waals surface area contributed by atoms with Gasteiger partial charge >= 0.3 is 0 Å². The highest BCUT2D eigenvalue weighted by Crippen LogP contribution is 2.23. The second-order valence-corrected chi connectivity index (χ2v) is 3.70. The summed E-state index contributed by atoms with van der Waals surface area (Å²) in [5.41, 5.74) is 0.627. The number of hydrogen-bond donors (Lipinski definition) is 0. The van der Waals surface area contributed by atoms with Crippen LogP contribution in [0.3, 0.4) is 0 Å². The van der Waals surface area contributed by atoms with E-state index in [1.54, 1.807) is 19.1 Å². The second-order valence-electron chi connectivity index (χ2n) is 3.70. The monoisotopic (exact) mass is 237 g/mol. The molecule has 0 spiro atoms. The molecule has 3 rings (SSSR count). The molecule has 3 nitrogen and oxygen atoms in total. The molecule has 0 amide bonds. The number of rotatable bonds is 0. The number of hydrogen-bond acceptors (Lipinski definition) is 2. The summed E-state index contributed by atoms with van der Waals surface area (Å²) in [5, 5.41) is 0. The van der Waals surface area contributed by atoms with E-state index >= 15 is 0 Å². The minimum atomic E-state index is -1.46. The van der Waals surface area contributed by atoms with Gasteiger partial charge in [0, 0.05) is 6.20 Å². The van der Waals surface area contributed by atoms with Crippen LogP contribution in [0.25, 0.3) is 16.7 Å². The van der Waals surface area contributed by atoms with E-state index in [9.17, 15) is 13.2 Å². The van der Waals surface area contributed by atoms with Gasteiger partial charge in [0.15, 0.2) is 0 Å². The molecule has 0 saturated heterocycles. The molecule has 0 N–H and O–H groups in total. The third-order valence-electron chi connectivity index (χ3n) is 2.63. The molecule has 0 saturated carbocycles. The van der Waals surface area contributed by atoms with E-state index < -0.39 is 17.7 Å². The topological polar surface area (TPSA) is 30.2 Å². The van der Waals surface area contributed by atoms with Crippen molar-refractivity contribution in [2.75, 3.05) is 0 Å². The van der Waals surface area contributed by atoms with Crippen molar-refractivity contribution in [2.24, 2.45) is 0 Å². The fourth-order valence-corrected chi connectivity index (χ4v) is 1.84. The molecule has 6 heteroatoms. The van der Waals surface area contributed by atoms with Crippen molar-refractivity contribution in [1.29, 1.82) is 0 Å². The van der Waals surface area contributed by atoms with E-state index in [0.717, 1.165) is 5.56 Å². The Balaban J connectivity index is 2.66. The fourth-order valence-electron chi connectivity index (χ4n) is 1.84. The molecule has 3 heterocycles. The Kier molecular flexibility index (Phi) is 1.89. The van der Waals surface area contributed by atoms with Crippen LogP contribution in [-0.4, -0.2) is 14.4 Å². The number of aromatic nitrogens is 3. The Hall–Kier alpha value is -2.11. The molecule has 0 bridgehead atoms. The maximum Gasteiger partial charge on any atom is 0.253 e. The van der Waals surface area contributed by atoms with Gasteiger partial charge in [0.05, 0.1) is 0 Å². The molecule has 0 atom stereocenters. The summed E-state index contributed by atoms with van der Waals surface area (Å²) in [7, 11) is 0. The number of nitrogens with zero attached hydrogens (tertiary/aromatic N) is 3. The number of fused-ring (bicyclic) bond motifs is 3. The molecule has 0 fully saturated rings. The molecule has 17 heavy (non-hydrogen) atoms. The van der Waals surface area contributed by atoms with Crippen LogP contribution in [0.5, 0.6) is 0 Å². The van der Waals surface area contributed by atoms with E-state index in [1.165, 1.54) is 10.6 Å². The maximum absolute atomic E-state index is 13.6. The highest BCUT2D eigenvalue weighted by Gasteiger charge is 2.19. The molecule has 0 unspecified atom stereocenters. The van der Waals surface area contributed by atoms with Crippen LogP contribution < -0.4 is 0 Å². The zero-order valence-electron chi connectivity index (χ0n) is 8.71. The van der Waals surface area contributed by atoms with Gasteiger partial charge in [0.25, 0.3) is 5.95 Å². The second kappa shape index (κ2) is 3.19. The standard InChI is InChI=1S/C11H6F3N3/c1-5-3-2-4-17-8-6(12)9(13)16-10(14)7(8)15-11(5)17/h2-4H,1H3. The highest BCUT2D eigenvalue weighted by atomic mass is 19.2. The van der Waals surface area contributed by atoms with Crippen molar-refractivity contribution in [3.8, 4) is 0 Å². The average molecular weight is 237 g/mol. The third-order valence-corrected chi connectivity index (χ3v) is 2.63. The lowest BCUT2D eigenvalue weighted by Crippen LogP contribution is -1.97. The average Bonchev–Trinajstić information content (AvgIpc) is 2.68. The summed E-state index contributed by atoms with van der Waals surface area (Å²) in [5.74, 6) is -3.76. The van der Waals surface area contributed by atoms with Crippen molar-refractivity contribution in [3.63, 3.8) is 0 Å². The number of pyridine rings is 2. The van der Waals surface area contributed by atoms with Crippen LogP contribution in [0.15, 0.2) is 18.3 Å². The fraction of sp³-hybridized carbons (Fsp3) is 0.0909. The Labute approximate surface area is 93.5 Å². The van der Waals surface area contributed by atoms with Crippen molar-refractivity contribution >= 4 is 16.7 Å². The molecule has 0 aliphatic heterocycles. The van der Waals surface area contributed by atoms with Gasteiger partial charge in [0.2, 0.25) is 11.8 Å². The van der Waals surface area contributed by atoms with Crippen molar-refractivity contribution < 1.29 is 13.2 Å². The molecule has 0 aliphatic carbocycles. The third kappa shape index (κ3) is 1.23. The van der Waals surface area contributed by atoms with Gasteiger partial charge in [-0.25, -0.2) is 4.98 Å². The van der Waals surface area contributed by atoms with Crippen LogP contribution in [0.2, 0.25) is 0 Å².